The Morgan fingerprint density at radius 2 is 1.81 bits per heavy atom. The minimum Gasteiger partial charge on any atom is -0.340 e. The Hall–Kier alpha value is -4.03. The second kappa shape index (κ2) is 9.12. The van der Waals surface area contributed by atoms with Crippen LogP contribution in [-0.2, 0) is 14.8 Å². The molecular weight excluding hydrogens is 494 g/mol. The van der Waals surface area contributed by atoms with E-state index in [9.17, 15) is 18.0 Å². The van der Waals surface area contributed by atoms with Crippen molar-refractivity contribution < 1.29 is 18.0 Å². The maximum absolute atomic E-state index is 13.1. The number of sulfonamides is 1. The normalized spacial score (nSPS) is 15.6. The standard InChI is InChI=1S/C25H27N7O4S/c1-15-8-9-21-20(10-15)24(34)31(4)22-12-26-25(28-23(22)30(21)3)27-17-6-5-7-19(11-17)37(35,36)29-18-13-32(14-18)16(2)33/h5-12,18,29H,13-14H2,1-4H3,(H,26,27,28). The first kappa shape index (κ1) is 24.7. The first-order chi connectivity index (χ1) is 17.5. The van der Waals surface area contributed by atoms with Crippen molar-refractivity contribution in [2.45, 2.75) is 24.8 Å². The summed E-state index contributed by atoms with van der Waals surface area (Å²) in [5.74, 6) is 0.543. The monoisotopic (exact) mass is 521 g/mol. The number of aromatic nitrogens is 2. The molecule has 11 nitrogen and oxygen atoms in total. The number of nitrogens with one attached hydrogen (secondary N) is 2. The van der Waals surface area contributed by atoms with E-state index >= 15 is 0 Å². The highest BCUT2D eigenvalue weighted by molar-refractivity contribution is 7.89. The minimum atomic E-state index is -3.78. The third kappa shape index (κ3) is 4.60. The molecule has 1 fully saturated rings. The predicted octanol–water partition coefficient (Wildman–Crippen LogP) is 2.40. The van der Waals surface area contributed by atoms with E-state index in [1.165, 1.54) is 24.0 Å². The van der Waals surface area contributed by atoms with Crippen molar-refractivity contribution in [3.8, 4) is 0 Å². The van der Waals surface area contributed by atoms with Crippen molar-refractivity contribution in [1.82, 2.24) is 19.6 Å². The summed E-state index contributed by atoms with van der Waals surface area (Å²) in [5.41, 5.74) is 3.31. The Bertz CT molecular complexity index is 1520. The number of carbonyl (C=O) groups excluding carboxylic acids is 2. The van der Waals surface area contributed by atoms with Crippen molar-refractivity contribution in [1.29, 1.82) is 0 Å². The molecule has 0 spiro atoms. The van der Waals surface area contributed by atoms with Gasteiger partial charge in [-0.3, -0.25) is 9.59 Å². The van der Waals surface area contributed by atoms with Crippen LogP contribution in [0.15, 0.2) is 53.6 Å². The van der Waals surface area contributed by atoms with Crippen molar-refractivity contribution >= 4 is 50.7 Å². The number of hydrogen-bond acceptors (Lipinski definition) is 8. The van der Waals surface area contributed by atoms with Gasteiger partial charge in [-0.1, -0.05) is 17.7 Å². The summed E-state index contributed by atoms with van der Waals surface area (Å²) in [5, 5.41) is 3.07. The largest absolute Gasteiger partial charge is 0.340 e. The molecule has 3 aromatic rings. The molecule has 0 radical (unpaired) electrons. The summed E-state index contributed by atoms with van der Waals surface area (Å²) >= 11 is 0. The van der Waals surface area contributed by atoms with Crippen LogP contribution in [0.1, 0.15) is 22.8 Å². The lowest BCUT2D eigenvalue weighted by Crippen LogP contribution is -2.60. The number of anilines is 5. The first-order valence-electron chi connectivity index (χ1n) is 11.7. The molecule has 192 valence electrons. The molecule has 2 amide bonds. The third-order valence-corrected chi connectivity index (χ3v) is 8.04. The number of rotatable bonds is 5. The lowest BCUT2D eigenvalue weighted by molar-refractivity contribution is -0.133. The van der Waals surface area contributed by atoms with E-state index in [2.05, 4.69) is 20.0 Å². The molecule has 0 atom stereocenters. The lowest BCUT2D eigenvalue weighted by Gasteiger charge is -2.38. The summed E-state index contributed by atoms with van der Waals surface area (Å²) in [7, 11) is -0.265. The highest BCUT2D eigenvalue weighted by atomic mass is 32.2. The molecule has 0 unspecified atom stereocenters. The Balaban J connectivity index is 1.40. The van der Waals surface area contributed by atoms with Gasteiger partial charge >= 0.3 is 0 Å². The molecule has 5 rings (SSSR count). The molecule has 37 heavy (non-hydrogen) atoms. The number of likely N-dealkylation sites (tertiary alicyclic amines) is 1. The first-order valence-corrected chi connectivity index (χ1v) is 13.2. The van der Waals surface area contributed by atoms with Crippen LogP contribution in [0.2, 0.25) is 0 Å². The van der Waals surface area contributed by atoms with Crippen LogP contribution in [-0.4, -0.2) is 68.3 Å². The lowest BCUT2D eigenvalue weighted by atomic mass is 10.1. The summed E-state index contributed by atoms with van der Waals surface area (Å²) < 4.78 is 28.4. The number of amides is 2. The van der Waals surface area contributed by atoms with E-state index in [0.29, 0.717) is 35.8 Å². The zero-order valence-corrected chi connectivity index (χ0v) is 21.7. The van der Waals surface area contributed by atoms with Gasteiger partial charge in [-0.15, -0.1) is 0 Å². The highest BCUT2D eigenvalue weighted by Gasteiger charge is 2.32. The van der Waals surface area contributed by atoms with Crippen LogP contribution in [0.25, 0.3) is 0 Å². The van der Waals surface area contributed by atoms with Crippen LogP contribution >= 0.6 is 0 Å². The van der Waals surface area contributed by atoms with Gasteiger partial charge in [0.1, 0.15) is 5.69 Å². The zero-order chi connectivity index (χ0) is 26.5. The fourth-order valence-electron chi connectivity index (χ4n) is 4.40. The van der Waals surface area contributed by atoms with Gasteiger partial charge in [0.2, 0.25) is 21.9 Å². The van der Waals surface area contributed by atoms with Gasteiger partial charge < -0.3 is 20.0 Å². The Labute approximate surface area is 215 Å². The smallest absolute Gasteiger partial charge is 0.260 e. The Kier molecular flexibility index (Phi) is 6.08. The van der Waals surface area contributed by atoms with Gasteiger partial charge in [0.15, 0.2) is 5.82 Å². The molecular formula is C25H27N7O4S. The average molecular weight is 522 g/mol. The molecule has 1 aromatic heterocycles. The van der Waals surface area contributed by atoms with Gasteiger partial charge in [0.25, 0.3) is 5.91 Å². The molecule has 1 saturated heterocycles. The topological polar surface area (TPSA) is 128 Å². The number of fused-ring (bicyclic) bond motifs is 2. The van der Waals surface area contributed by atoms with Crippen molar-refractivity contribution in [3.63, 3.8) is 0 Å². The van der Waals surface area contributed by atoms with Gasteiger partial charge in [-0.05, 0) is 37.3 Å². The van der Waals surface area contributed by atoms with Crippen molar-refractivity contribution in [2.24, 2.45) is 0 Å². The quantitative estimate of drug-likeness (QED) is 0.524. The Morgan fingerprint density at radius 1 is 1.05 bits per heavy atom. The minimum absolute atomic E-state index is 0.0813. The van der Waals surface area contributed by atoms with Gasteiger partial charge in [-0.2, -0.15) is 4.98 Å². The fraction of sp³-hybridized carbons (Fsp3) is 0.280. The fourth-order valence-corrected chi connectivity index (χ4v) is 5.66. The molecule has 2 N–H and O–H groups in total. The third-order valence-electron chi connectivity index (χ3n) is 6.53. The van der Waals surface area contributed by atoms with E-state index in [4.69, 9.17) is 0 Å². The number of carbonyl (C=O) groups is 2. The SMILES string of the molecule is CC(=O)N1CC(NS(=O)(=O)c2cccc(Nc3ncc4c(n3)N(C)c3ccc(C)cc3C(=O)N4C)c2)C1. The number of benzene rings is 2. The van der Waals surface area contributed by atoms with Crippen LogP contribution < -0.4 is 19.8 Å². The summed E-state index contributed by atoms with van der Waals surface area (Å²) in [6, 6.07) is 11.7. The molecule has 0 saturated carbocycles. The van der Waals surface area contributed by atoms with E-state index in [1.54, 1.807) is 30.3 Å². The van der Waals surface area contributed by atoms with Crippen LogP contribution in [0.3, 0.4) is 0 Å². The van der Waals surface area contributed by atoms with E-state index < -0.39 is 10.0 Å². The highest BCUT2D eigenvalue weighted by Crippen LogP contribution is 2.38. The second-order valence-electron chi connectivity index (χ2n) is 9.24. The van der Waals surface area contributed by atoms with Gasteiger partial charge in [0, 0.05) is 39.8 Å². The molecule has 0 bridgehead atoms. The van der Waals surface area contributed by atoms with Crippen LogP contribution in [0, 0.1) is 6.92 Å². The number of nitrogens with zero attached hydrogens (tertiary/aromatic N) is 5. The van der Waals surface area contributed by atoms with E-state index in [1.807, 2.05) is 37.1 Å². The second-order valence-corrected chi connectivity index (χ2v) is 11.0. The summed E-state index contributed by atoms with van der Waals surface area (Å²) in [6.45, 7) is 4.09. The number of hydrogen-bond donors (Lipinski definition) is 2. The maximum Gasteiger partial charge on any atom is 0.260 e. The average Bonchev–Trinajstić information content (AvgIpc) is 2.91. The van der Waals surface area contributed by atoms with Gasteiger partial charge in [0.05, 0.1) is 28.4 Å². The summed E-state index contributed by atoms with van der Waals surface area (Å²) in [6.07, 6.45) is 1.57. The molecule has 2 aliphatic heterocycles. The van der Waals surface area contributed by atoms with E-state index in [0.717, 1.165) is 11.3 Å². The molecule has 0 aliphatic carbocycles. The molecule has 3 heterocycles. The van der Waals surface area contributed by atoms with Crippen LogP contribution in [0.5, 0.6) is 0 Å². The van der Waals surface area contributed by atoms with Crippen LogP contribution in [0.4, 0.5) is 28.8 Å². The number of aryl methyl sites for hydroxylation is 1. The molecule has 2 aromatic carbocycles. The van der Waals surface area contributed by atoms with Gasteiger partial charge in [-0.25, -0.2) is 18.1 Å². The zero-order valence-electron chi connectivity index (χ0n) is 20.9. The predicted molar refractivity (Wildman–Crippen MR) is 140 cm³/mol. The van der Waals surface area contributed by atoms with Crippen molar-refractivity contribution in [3.05, 3.63) is 59.8 Å². The van der Waals surface area contributed by atoms with Crippen molar-refractivity contribution in [2.75, 3.05) is 42.3 Å². The van der Waals surface area contributed by atoms with E-state index in [-0.39, 0.29) is 28.7 Å². The maximum atomic E-state index is 13.1. The molecule has 12 heteroatoms. The summed E-state index contributed by atoms with van der Waals surface area (Å²) in [4.78, 5) is 38.5. The Morgan fingerprint density at radius 3 is 2.54 bits per heavy atom. The molecule has 2 aliphatic rings.